The van der Waals surface area contributed by atoms with Crippen LogP contribution < -0.4 is 10.2 Å². The largest absolute Gasteiger partial charge is 0.354 e. The predicted molar refractivity (Wildman–Crippen MR) is 142 cm³/mol. The summed E-state index contributed by atoms with van der Waals surface area (Å²) in [4.78, 5) is 29.5. The van der Waals surface area contributed by atoms with E-state index in [2.05, 4.69) is 32.4 Å². The van der Waals surface area contributed by atoms with E-state index in [4.69, 9.17) is 21.6 Å². The maximum Gasteiger partial charge on any atom is 0.253 e. The Labute approximate surface area is 216 Å². The molecule has 190 valence electrons. The zero-order valence-electron chi connectivity index (χ0n) is 20.9. The van der Waals surface area contributed by atoms with Crippen molar-refractivity contribution in [3.8, 4) is 0 Å². The number of nitrogens with one attached hydrogen (secondary N) is 2. The van der Waals surface area contributed by atoms with Crippen molar-refractivity contribution in [1.29, 1.82) is 0 Å². The molecule has 3 aromatic rings. The number of halogens is 1. The molecule has 0 aliphatic carbocycles. The first-order valence-electron chi connectivity index (χ1n) is 12.6. The Morgan fingerprint density at radius 1 is 1.08 bits per heavy atom. The van der Waals surface area contributed by atoms with Gasteiger partial charge in [-0.15, -0.1) is 0 Å². The molecule has 0 unspecified atom stereocenters. The molecule has 10 heteroatoms. The molecule has 2 fully saturated rings. The van der Waals surface area contributed by atoms with Gasteiger partial charge in [-0.1, -0.05) is 11.6 Å². The van der Waals surface area contributed by atoms with Crippen LogP contribution >= 0.6 is 11.6 Å². The Morgan fingerprint density at radius 2 is 1.86 bits per heavy atom. The lowest BCUT2D eigenvalue weighted by molar-refractivity contribution is 0.0672. The number of hydrogen-bond donors (Lipinski definition) is 2. The van der Waals surface area contributed by atoms with Crippen LogP contribution in [0.5, 0.6) is 0 Å². The van der Waals surface area contributed by atoms with Crippen molar-refractivity contribution in [2.75, 3.05) is 56.5 Å². The lowest BCUT2D eigenvalue weighted by atomic mass is 9.94. The maximum atomic E-state index is 13.1. The molecule has 1 amide bonds. The Bertz CT molecular complexity index is 1190. The Kier molecular flexibility index (Phi) is 7.38. The van der Waals surface area contributed by atoms with Crippen molar-refractivity contribution >= 4 is 35.0 Å². The van der Waals surface area contributed by atoms with Crippen LogP contribution in [0.3, 0.4) is 0 Å². The number of piperazine rings is 1. The molecular weight excluding hydrogens is 476 g/mol. The van der Waals surface area contributed by atoms with Gasteiger partial charge in [-0.3, -0.25) is 9.89 Å². The normalized spacial score (nSPS) is 18.9. The van der Waals surface area contributed by atoms with Crippen molar-refractivity contribution < 1.29 is 4.79 Å². The summed E-state index contributed by atoms with van der Waals surface area (Å²) >= 11 is 6.00. The number of hydrogen-bond acceptors (Lipinski definition) is 7. The number of nitrogens with zero attached hydrogens (tertiary/aromatic N) is 6. The van der Waals surface area contributed by atoms with E-state index < -0.39 is 0 Å². The fourth-order valence-corrected chi connectivity index (χ4v) is 5.02. The average molecular weight is 509 g/mol. The van der Waals surface area contributed by atoms with Gasteiger partial charge >= 0.3 is 0 Å². The number of rotatable bonds is 6. The molecule has 4 heterocycles. The molecule has 9 nitrogen and oxygen atoms in total. The van der Waals surface area contributed by atoms with Gasteiger partial charge in [-0.25, -0.2) is 9.97 Å². The number of H-pyrrole nitrogens is 1. The van der Waals surface area contributed by atoms with Gasteiger partial charge in [0.15, 0.2) is 5.82 Å². The number of amides is 1. The molecule has 2 aromatic heterocycles. The van der Waals surface area contributed by atoms with Gasteiger partial charge in [0.2, 0.25) is 0 Å². The summed E-state index contributed by atoms with van der Waals surface area (Å²) in [6, 6.07) is 11.1. The number of aromatic nitrogens is 4. The van der Waals surface area contributed by atoms with Gasteiger partial charge in [0, 0.05) is 74.1 Å². The van der Waals surface area contributed by atoms with E-state index in [1.807, 2.05) is 24.0 Å². The van der Waals surface area contributed by atoms with Gasteiger partial charge in [0.05, 0.1) is 0 Å². The minimum atomic E-state index is 0.0553. The number of carbonyl (C=O) groups excluding carboxylic acids is 1. The maximum absolute atomic E-state index is 13.1. The molecule has 1 aromatic carbocycles. The van der Waals surface area contributed by atoms with Gasteiger partial charge in [-0.05, 0) is 57.0 Å². The number of likely N-dealkylation sites (N-methyl/N-ethyl adjacent to an activating group) is 1. The SMILES string of the molecule is Cc1cc(Nc2cc(N3CCN(C)CC3)nc(C[C@@H]3CCCN(C(=O)c4ccc(Cl)cc4)C3)n2)n[nH]1. The minimum absolute atomic E-state index is 0.0553. The van der Waals surface area contributed by atoms with Gasteiger partial charge < -0.3 is 20.0 Å². The third kappa shape index (κ3) is 5.96. The number of likely N-dealkylation sites (tertiary alicyclic amines) is 1. The van der Waals surface area contributed by atoms with E-state index in [1.54, 1.807) is 24.3 Å². The Morgan fingerprint density at radius 3 is 2.58 bits per heavy atom. The molecule has 0 bridgehead atoms. The van der Waals surface area contributed by atoms with E-state index in [9.17, 15) is 4.79 Å². The fourth-order valence-electron chi connectivity index (χ4n) is 4.90. The first kappa shape index (κ1) is 24.5. The standard InChI is InChI=1S/C26H33ClN8O/c1-18-14-24(32-31-18)29-23-16-25(34-12-10-33(2)11-13-34)30-22(28-23)15-19-4-3-9-35(17-19)26(36)20-5-7-21(27)8-6-20/h5-8,14,16,19H,3-4,9-13,15,17H2,1-2H3,(H2,28,29,30,31,32)/t19-/m0/s1. The molecule has 0 radical (unpaired) electrons. The number of piperidine rings is 1. The molecular formula is C26H33ClN8O. The van der Waals surface area contributed by atoms with Crippen LogP contribution in [0.25, 0.3) is 0 Å². The van der Waals surface area contributed by atoms with E-state index in [0.29, 0.717) is 23.0 Å². The van der Waals surface area contributed by atoms with E-state index in [0.717, 1.165) is 81.0 Å². The summed E-state index contributed by atoms with van der Waals surface area (Å²) in [5.41, 5.74) is 1.66. The summed E-state index contributed by atoms with van der Waals surface area (Å²) in [5, 5.41) is 11.2. The Balaban J connectivity index is 1.33. The zero-order valence-corrected chi connectivity index (χ0v) is 21.6. The molecule has 36 heavy (non-hydrogen) atoms. The van der Waals surface area contributed by atoms with E-state index in [1.165, 1.54) is 0 Å². The quantitative estimate of drug-likeness (QED) is 0.523. The lowest BCUT2D eigenvalue weighted by Crippen LogP contribution is -2.45. The summed E-state index contributed by atoms with van der Waals surface area (Å²) in [7, 11) is 2.15. The second-order valence-corrected chi connectivity index (χ2v) is 10.3. The van der Waals surface area contributed by atoms with Crippen LogP contribution in [0.2, 0.25) is 5.02 Å². The highest BCUT2D eigenvalue weighted by atomic mass is 35.5. The zero-order chi connectivity index (χ0) is 25.1. The van der Waals surface area contributed by atoms with Crippen LogP contribution in [0.1, 0.15) is 34.7 Å². The minimum Gasteiger partial charge on any atom is -0.354 e. The smallest absolute Gasteiger partial charge is 0.253 e. The molecule has 1 atom stereocenters. The predicted octanol–water partition coefficient (Wildman–Crippen LogP) is 3.75. The number of benzene rings is 1. The van der Waals surface area contributed by atoms with Crippen molar-refractivity contribution in [1.82, 2.24) is 30.0 Å². The highest BCUT2D eigenvalue weighted by Gasteiger charge is 2.26. The lowest BCUT2D eigenvalue weighted by Gasteiger charge is -2.34. The highest BCUT2D eigenvalue weighted by molar-refractivity contribution is 6.30. The molecule has 2 aliphatic rings. The number of aryl methyl sites for hydroxylation is 1. The van der Waals surface area contributed by atoms with Crippen LogP contribution in [0, 0.1) is 12.8 Å². The van der Waals surface area contributed by atoms with Gasteiger partial charge in [0.25, 0.3) is 5.91 Å². The topological polar surface area (TPSA) is 93.3 Å². The number of anilines is 3. The molecule has 0 saturated carbocycles. The monoisotopic (exact) mass is 508 g/mol. The molecule has 2 saturated heterocycles. The molecule has 5 rings (SSSR count). The van der Waals surface area contributed by atoms with Crippen molar-refractivity contribution in [3.63, 3.8) is 0 Å². The summed E-state index contributed by atoms with van der Waals surface area (Å²) in [6.45, 7) is 7.31. The van der Waals surface area contributed by atoms with Crippen LogP contribution in [0.4, 0.5) is 17.5 Å². The van der Waals surface area contributed by atoms with Crippen LogP contribution in [-0.2, 0) is 6.42 Å². The molecule has 2 aliphatic heterocycles. The first-order valence-corrected chi connectivity index (χ1v) is 13.0. The van der Waals surface area contributed by atoms with E-state index >= 15 is 0 Å². The number of carbonyl (C=O) groups is 1. The second-order valence-electron chi connectivity index (χ2n) is 9.85. The molecule has 0 spiro atoms. The summed E-state index contributed by atoms with van der Waals surface area (Å²) in [5.74, 6) is 3.57. The Hall–Kier alpha value is -3.17. The second kappa shape index (κ2) is 10.8. The summed E-state index contributed by atoms with van der Waals surface area (Å²) < 4.78 is 0. The number of aromatic amines is 1. The van der Waals surface area contributed by atoms with Crippen LogP contribution in [-0.4, -0.2) is 82.2 Å². The highest BCUT2D eigenvalue weighted by Crippen LogP contribution is 2.25. The van der Waals surface area contributed by atoms with Gasteiger partial charge in [-0.2, -0.15) is 5.10 Å². The first-order chi connectivity index (χ1) is 17.4. The molecule has 2 N–H and O–H groups in total. The third-order valence-corrected chi connectivity index (χ3v) is 7.17. The third-order valence-electron chi connectivity index (χ3n) is 6.92. The van der Waals surface area contributed by atoms with E-state index in [-0.39, 0.29) is 5.91 Å². The fraction of sp³-hybridized carbons (Fsp3) is 0.462. The average Bonchev–Trinajstić information content (AvgIpc) is 3.29. The van der Waals surface area contributed by atoms with Crippen LogP contribution in [0.15, 0.2) is 36.4 Å². The van der Waals surface area contributed by atoms with Crippen molar-refractivity contribution in [2.45, 2.75) is 26.2 Å². The van der Waals surface area contributed by atoms with Gasteiger partial charge in [0.1, 0.15) is 17.5 Å². The summed E-state index contributed by atoms with van der Waals surface area (Å²) in [6.07, 6.45) is 2.74. The van der Waals surface area contributed by atoms with Crippen molar-refractivity contribution in [3.05, 3.63) is 58.5 Å². The van der Waals surface area contributed by atoms with Crippen molar-refractivity contribution in [2.24, 2.45) is 5.92 Å².